The Labute approximate surface area is 230 Å². The third-order valence-corrected chi connectivity index (χ3v) is 12.6. The minimum atomic E-state index is -0.233. The number of hydrogen-bond donors (Lipinski definition) is 4. The van der Waals surface area contributed by atoms with Crippen LogP contribution in [0.1, 0.15) is 85.5 Å². The summed E-state index contributed by atoms with van der Waals surface area (Å²) in [5, 5.41) is 28.5. The van der Waals surface area contributed by atoms with Gasteiger partial charge >= 0.3 is 6.03 Å². The highest BCUT2D eigenvalue weighted by Crippen LogP contribution is 2.69. The van der Waals surface area contributed by atoms with E-state index in [-0.39, 0.29) is 29.1 Å². The van der Waals surface area contributed by atoms with E-state index in [1.807, 2.05) is 0 Å². The van der Waals surface area contributed by atoms with Crippen molar-refractivity contribution in [2.45, 2.75) is 97.7 Å². The van der Waals surface area contributed by atoms with Crippen molar-refractivity contribution in [3.8, 4) is 0 Å². The van der Waals surface area contributed by atoms with Gasteiger partial charge < -0.3 is 25.6 Å². The number of nitrogens with one attached hydrogen (secondary N) is 2. The summed E-state index contributed by atoms with van der Waals surface area (Å²) < 4.78 is 5.38. The number of hydrogen-bond acceptors (Lipinski definition) is 5. The van der Waals surface area contributed by atoms with Gasteiger partial charge in [0.15, 0.2) is 0 Å². The van der Waals surface area contributed by atoms with Crippen LogP contribution in [0.5, 0.6) is 0 Å². The second-order valence-electron chi connectivity index (χ2n) is 14.2. The van der Waals surface area contributed by atoms with Crippen molar-refractivity contribution in [1.82, 2.24) is 15.5 Å². The van der Waals surface area contributed by atoms with Crippen molar-refractivity contribution in [3.63, 3.8) is 0 Å². The molecule has 5 rings (SSSR count). The minimum Gasteiger partial charge on any atom is -0.393 e. The lowest BCUT2D eigenvalue weighted by atomic mass is 9.41. The van der Waals surface area contributed by atoms with E-state index < -0.39 is 0 Å². The molecule has 0 aromatic carbocycles. The number of rotatable bonds is 7. The Morgan fingerprint density at radius 2 is 1.71 bits per heavy atom. The van der Waals surface area contributed by atoms with E-state index in [0.717, 1.165) is 58.4 Å². The summed E-state index contributed by atoms with van der Waals surface area (Å²) >= 11 is 0. The van der Waals surface area contributed by atoms with Crippen LogP contribution < -0.4 is 10.6 Å². The molecule has 7 heteroatoms. The average molecular weight is 534 g/mol. The van der Waals surface area contributed by atoms with Crippen LogP contribution in [0.15, 0.2) is 0 Å². The predicted molar refractivity (Wildman–Crippen MR) is 149 cm³/mol. The minimum absolute atomic E-state index is 0.0731. The SMILES string of the molecule is CC[C@H]1[C@@H](O)[C@@H]2[C@H](CC[C@]3(C)[C@@H]([C@H](C)CCNC(=O)NCN4CCOCC4)CC[C@@H]23)C2(C)CC[C@@H](O)C[C@@H]12. The zero-order chi connectivity index (χ0) is 27.1. The van der Waals surface area contributed by atoms with Gasteiger partial charge in [-0.25, -0.2) is 4.79 Å². The number of aliphatic hydroxyl groups is 2. The number of nitrogens with zero attached hydrogens (tertiary/aromatic N) is 1. The number of morpholine rings is 1. The molecule has 1 unspecified atom stereocenters. The Hall–Kier alpha value is -0.890. The lowest BCUT2D eigenvalue weighted by molar-refractivity contribution is -0.203. The van der Waals surface area contributed by atoms with Gasteiger partial charge in [-0.3, -0.25) is 4.90 Å². The molecule has 0 radical (unpaired) electrons. The van der Waals surface area contributed by atoms with E-state index in [2.05, 4.69) is 43.2 Å². The summed E-state index contributed by atoms with van der Waals surface area (Å²) in [6, 6.07) is -0.0731. The van der Waals surface area contributed by atoms with Crippen LogP contribution in [0.25, 0.3) is 0 Å². The molecule has 1 aliphatic heterocycles. The maximum absolute atomic E-state index is 12.4. The Morgan fingerprint density at radius 1 is 1.00 bits per heavy atom. The highest BCUT2D eigenvalue weighted by Gasteiger charge is 2.64. The monoisotopic (exact) mass is 533 g/mol. The highest BCUT2D eigenvalue weighted by molar-refractivity contribution is 5.73. The number of carbonyl (C=O) groups is 1. The fourth-order valence-corrected chi connectivity index (χ4v) is 10.6. The molecule has 4 aliphatic carbocycles. The van der Waals surface area contributed by atoms with Gasteiger partial charge in [-0.15, -0.1) is 0 Å². The second kappa shape index (κ2) is 11.5. The lowest BCUT2D eigenvalue weighted by Gasteiger charge is -2.64. The fourth-order valence-electron chi connectivity index (χ4n) is 10.6. The first kappa shape index (κ1) is 28.6. The van der Waals surface area contributed by atoms with Crippen LogP contribution in [-0.4, -0.2) is 72.9 Å². The maximum Gasteiger partial charge on any atom is 0.315 e. The van der Waals surface area contributed by atoms with Crippen LogP contribution >= 0.6 is 0 Å². The molecule has 218 valence electrons. The first-order valence-electron chi connectivity index (χ1n) is 15.9. The molecular formula is C31H55N3O4. The largest absolute Gasteiger partial charge is 0.393 e. The number of ether oxygens (including phenoxy) is 1. The Bertz CT molecular complexity index is 821. The summed E-state index contributed by atoms with van der Waals surface area (Å²) in [7, 11) is 0. The van der Waals surface area contributed by atoms with Crippen molar-refractivity contribution in [2.75, 3.05) is 39.5 Å². The fraction of sp³-hybridized carbons (Fsp3) is 0.968. The molecule has 11 atom stereocenters. The number of fused-ring (bicyclic) bond motifs is 5. The van der Waals surface area contributed by atoms with E-state index in [0.29, 0.717) is 54.6 Å². The molecule has 5 aliphatic rings. The summed E-state index contributed by atoms with van der Waals surface area (Å²) in [6.45, 7) is 14.2. The number of aliphatic hydroxyl groups excluding tert-OH is 2. The van der Waals surface area contributed by atoms with E-state index in [9.17, 15) is 15.0 Å². The lowest BCUT2D eigenvalue weighted by Crippen LogP contribution is -2.62. The molecule has 0 spiro atoms. The Kier molecular flexibility index (Phi) is 8.69. The van der Waals surface area contributed by atoms with Gasteiger partial charge in [-0.05, 0) is 104 Å². The number of urea groups is 1. The molecule has 5 fully saturated rings. The first-order valence-corrected chi connectivity index (χ1v) is 15.9. The molecule has 0 aromatic heterocycles. The summed E-state index contributed by atoms with van der Waals surface area (Å²) in [6.07, 6.45) is 9.48. The van der Waals surface area contributed by atoms with E-state index in [1.54, 1.807) is 0 Å². The zero-order valence-corrected chi connectivity index (χ0v) is 24.5. The zero-order valence-electron chi connectivity index (χ0n) is 24.5. The van der Waals surface area contributed by atoms with E-state index >= 15 is 0 Å². The molecule has 7 nitrogen and oxygen atoms in total. The Balaban J connectivity index is 1.19. The maximum atomic E-state index is 12.4. The molecule has 2 amide bonds. The number of carbonyl (C=O) groups excluding carboxylic acids is 1. The summed E-state index contributed by atoms with van der Waals surface area (Å²) in [5.41, 5.74) is 0.531. The van der Waals surface area contributed by atoms with Crippen LogP contribution in [0.3, 0.4) is 0 Å². The van der Waals surface area contributed by atoms with Gasteiger partial charge in [0.1, 0.15) is 0 Å². The number of amides is 2. The third-order valence-electron chi connectivity index (χ3n) is 12.6. The van der Waals surface area contributed by atoms with Gasteiger partial charge in [-0.1, -0.05) is 34.1 Å². The highest BCUT2D eigenvalue weighted by atomic mass is 16.5. The predicted octanol–water partition coefficient (Wildman–Crippen LogP) is 4.23. The molecule has 1 heterocycles. The quantitative estimate of drug-likeness (QED) is 0.393. The molecular weight excluding hydrogens is 478 g/mol. The molecule has 4 saturated carbocycles. The van der Waals surface area contributed by atoms with Crippen LogP contribution in [-0.2, 0) is 4.74 Å². The van der Waals surface area contributed by atoms with Gasteiger partial charge in [0, 0.05) is 19.6 Å². The molecule has 0 bridgehead atoms. The summed E-state index contributed by atoms with van der Waals surface area (Å²) in [4.78, 5) is 14.6. The second-order valence-corrected chi connectivity index (χ2v) is 14.2. The van der Waals surface area contributed by atoms with Crippen LogP contribution in [0, 0.1) is 52.3 Å². The summed E-state index contributed by atoms with van der Waals surface area (Å²) in [5.74, 6) is 3.55. The van der Waals surface area contributed by atoms with Crippen molar-refractivity contribution in [2.24, 2.45) is 52.3 Å². The van der Waals surface area contributed by atoms with Gasteiger partial charge in [-0.2, -0.15) is 0 Å². The van der Waals surface area contributed by atoms with Crippen molar-refractivity contribution in [1.29, 1.82) is 0 Å². The topological polar surface area (TPSA) is 94.1 Å². The standard InChI is InChI=1S/C31H55N3O4/c1-5-22-26-18-21(35)8-11-31(26,4)25-9-12-30(3)23(6-7-24(30)27(25)28(22)36)20(2)10-13-32-29(37)33-19-34-14-16-38-17-15-34/h20-28,35-36H,5-19H2,1-4H3,(H2,32,33,37)/t20-,21-,22-,23-,24+,25+,26+,27+,28-,30-,31?/m1/s1. The molecule has 1 saturated heterocycles. The molecule has 4 N–H and O–H groups in total. The average Bonchev–Trinajstić information content (AvgIpc) is 3.26. The molecule has 0 aromatic rings. The smallest absolute Gasteiger partial charge is 0.315 e. The Morgan fingerprint density at radius 3 is 2.45 bits per heavy atom. The van der Waals surface area contributed by atoms with Crippen molar-refractivity contribution < 1.29 is 19.7 Å². The van der Waals surface area contributed by atoms with Gasteiger partial charge in [0.05, 0.1) is 32.1 Å². The third kappa shape index (κ3) is 5.14. The van der Waals surface area contributed by atoms with Crippen molar-refractivity contribution >= 4 is 6.03 Å². The van der Waals surface area contributed by atoms with Crippen molar-refractivity contribution in [3.05, 3.63) is 0 Å². The van der Waals surface area contributed by atoms with Gasteiger partial charge in [0.2, 0.25) is 0 Å². The van der Waals surface area contributed by atoms with E-state index in [1.165, 1.54) is 25.7 Å². The molecule has 38 heavy (non-hydrogen) atoms. The van der Waals surface area contributed by atoms with Crippen LogP contribution in [0.4, 0.5) is 4.79 Å². The van der Waals surface area contributed by atoms with Crippen LogP contribution in [0.2, 0.25) is 0 Å². The first-order chi connectivity index (χ1) is 18.2. The normalized spacial score (nSPS) is 45.9. The van der Waals surface area contributed by atoms with E-state index in [4.69, 9.17) is 4.74 Å². The van der Waals surface area contributed by atoms with Gasteiger partial charge in [0.25, 0.3) is 0 Å².